The third-order valence-corrected chi connectivity index (χ3v) is 4.99. The van der Waals surface area contributed by atoms with Crippen molar-refractivity contribution >= 4 is 29.9 Å². The van der Waals surface area contributed by atoms with Gasteiger partial charge in [0.2, 0.25) is 5.89 Å². The van der Waals surface area contributed by atoms with Gasteiger partial charge in [-0.2, -0.15) is 0 Å². The number of ether oxygens (including phenoxy) is 1. The molecule has 3 heterocycles. The minimum absolute atomic E-state index is 0. The van der Waals surface area contributed by atoms with Crippen LogP contribution >= 0.6 is 24.0 Å². The molecule has 1 aromatic heterocycles. The molecule has 2 aliphatic rings. The summed E-state index contributed by atoms with van der Waals surface area (Å²) in [6, 6.07) is 0. The van der Waals surface area contributed by atoms with Crippen LogP contribution in [0.15, 0.2) is 9.41 Å². The minimum Gasteiger partial charge on any atom is -0.444 e. The molecule has 0 bridgehead atoms. The molecule has 2 N–H and O–H groups in total. The Bertz CT molecular complexity index is 544. The van der Waals surface area contributed by atoms with Gasteiger partial charge in [0.1, 0.15) is 5.76 Å². The fourth-order valence-corrected chi connectivity index (χ4v) is 3.24. The molecule has 2 saturated heterocycles. The highest BCUT2D eigenvalue weighted by Crippen LogP contribution is 2.20. The maximum atomic E-state index is 6.10. The molecule has 2 aliphatic heterocycles. The van der Waals surface area contributed by atoms with Crippen LogP contribution < -0.4 is 5.73 Å². The topological polar surface area (TPSA) is 80.1 Å². The molecule has 2 fully saturated rings. The summed E-state index contributed by atoms with van der Waals surface area (Å²) in [4.78, 5) is 13.6. The Morgan fingerprint density at radius 2 is 1.88 bits per heavy atom. The van der Waals surface area contributed by atoms with Crippen molar-refractivity contribution in [2.75, 3.05) is 45.9 Å². The zero-order valence-corrected chi connectivity index (χ0v) is 17.6. The van der Waals surface area contributed by atoms with Crippen molar-refractivity contribution in [1.29, 1.82) is 0 Å². The van der Waals surface area contributed by atoms with Gasteiger partial charge in [-0.15, -0.1) is 24.0 Å². The van der Waals surface area contributed by atoms with Crippen LogP contribution in [0.5, 0.6) is 0 Å². The number of guanidine groups is 1. The maximum absolute atomic E-state index is 6.10. The number of rotatable bonds is 4. The van der Waals surface area contributed by atoms with E-state index in [0.29, 0.717) is 11.9 Å². The Hall–Kier alpha value is -0.870. The molecule has 0 amide bonds. The van der Waals surface area contributed by atoms with Crippen LogP contribution in [0.3, 0.4) is 0 Å². The predicted octanol–water partition coefficient (Wildman–Crippen LogP) is 1.77. The number of hydrogen-bond acceptors (Lipinski definition) is 5. The average Bonchev–Trinajstić information content (AvgIpc) is 2.92. The normalized spacial score (nSPS) is 20.6. The first-order chi connectivity index (χ1) is 11.6. The summed E-state index contributed by atoms with van der Waals surface area (Å²) >= 11 is 0. The molecular formula is C17H30IN5O2. The van der Waals surface area contributed by atoms with E-state index in [-0.39, 0.29) is 24.0 Å². The fourth-order valence-electron chi connectivity index (χ4n) is 3.24. The van der Waals surface area contributed by atoms with Gasteiger partial charge >= 0.3 is 0 Å². The molecule has 8 heteroatoms. The molecular weight excluding hydrogens is 433 g/mol. The number of nitrogens with zero attached hydrogens (tertiary/aromatic N) is 4. The highest BCUT2D eigenvalue weighted by molar-refractivity contribution is 14.0. The van der Waals surface area contributed by atoms with E-state index in [1.165, 1.54) is 0 Å². The van der Waals surface area contributed by atoms with Gasteiger partial charge in [0.15, 0.2) is 5.96 Å². The molecule has 0 atom stereocenters. The van der Waals surface area contributed by atoms with Gasteiger partial charge in [-0.1, -0.05) is 0 Å². The van der Waals surface area contributed by atoms with Crippen molar-refractivity contribution in [2.24, 2.45) is 16.6 Å². The summed E-state index contributed by atoms with van der Waals surface area (Å²) < 4.78 is 11.0. The Morgan fingerprint density at radius 3 is 2.48 bits per heavy atom. The summed E-state index contributed by atoms with van der Waals surface area (Å²) in [5.41, 5.74) is 7.09. The van der Waals surface area contributed by atoms with Gasteiger partial charge in [0, 0.05) is 19.6 Å². The van der Waals surface area contributed by atoms with Gasteiger partial charge in [0.05, 0.1) is 25.5 Å². The van der Waals surface area contributed by atoms with E-state index in [4.69, 9.17) is 14.9 Å². The second-order valence-electron chi connectivity index (χ2n) is 6.77. The number of morpholine rings is 1. The highest BCUT2D eigenvalue weighted by atomic mass is 127. The number of aryl methyl sites for hydroxylation is 2. The molecule has 1 aromatic rings. The number of oxazole rings is 1. The van der Waals surface area contributed by atoms with Crippen LogP contribution in [0.2, 0.25) is 0 Å². The second-order valence-corrected chi connectivity index (χ2v) is 6.77. The number of nitrogens with two attached hydrogens (primary N) is 1. The van der Waals surface area contributed by atoms with Gasteiger partial charge in [-0.25, -0.2) is 4.98 Å². The lowest BCUT2D eigenvalue weighted by molar-refractivity contribution is 0.0673. The molecule has 0 saturated carbocycles. The number of piperidine rings is 1. The van der Waals surface area contributed by atoms with Crippen LogP contribution in [-0.4, -0.2) is 66.7 Å². The van der Waals surface area contributed by atoms with Crippen molar-refractivity contribution < 1.29 is 9.15 Å². The minimum atomic E-state index is 0. The SMILES string of the molecule is Cc1nc(CN2CCC(CN=C(N)N3CCOCC3)CC2)oc1C.I. The average molecular weight is 463 g/mol. The van der Waals surface area contributed by atoms with Gasteiger partial charge in [0.25, 0.3) is 0 Å². The standard InChI is InChI=1S/C17H29N5O2.HI/c1-13-14(2)24-16(20-13)12-21-5-3-15(4-6-21)11-19-17(18)22-7-9-23-10-8-22;/h15H,3-12H2,1-2H3,(H2,18,19);1H. The molecule has 3 rings (SSSR count). The Morgan fingerprint density at radius 1 is 1.20 bits per heavy atom. The summed E-state index contributed by atoms with van der Waals surface area (Å²) in [6.45, 7) is 10.9. The molecule has 142 valence electrons. The lowest BCUT2D eigenvalue weighted by atomic mass is 9.97. The van der Waals surface area contributed by atoms with E-state index in [0.717, 1.165) is 82.7 Å². The lowest BCUT2D eigenvalue weighted by Gasteiger charge is -2.31. The summed E-state index contributed by atoms with van der Waals surface area (Å²) in [5.74, 6) is 3.05. The van der Waals surface area contributed by atoms with Crippen LogP contribution in [0.4, 0.5) is 0 Å². The maximum Gasteiger partial charge on any atom is 0.208 e. The van der Waals surface area contributed by atoms with E-state index in [9.17, 15) is 0 Å². The smallest absolute Gasteiger partial charge is 0.208 e. The zero-order valence-electron chi connectivity index (χ0n) is 15.2. The third-order valence-electron chi connectivity index (χ3n) is 4.99. The van der Waals surface area contributed by atoms with E-state index in [2.05, 4.69) is 19.8 Å². The van der Waals surface area contributed by atoms with E-state index >= 15 is 0 Å². The molecule has 0 aromatic carbocycles. The van der Waals surface area contributed by atoms with Gasteiger partial charge in [-0.05, 0) is 45.7 Å². The second kappa shape index (κ2) is 9.72. The Kier molecular flexibility index (Phi) is 7.95. The van der Waals surface area contributed by atoms with Crippen molar-refractivity contribution in [2.45, 2.75) is 33.2 Å². The first-order valence-corrected chi connectivity index (χ1v) is 8.89. The van der Waals surface area contributed by atoms with E-state index in [1.807, 2.05) is 13.8 Å². The number of hydrogen-bond donors (Lipinski definition) is 1. The number of likely N-dealkylation sites (tertiary alicyclic amines) is 1. The molecule has 0 aliphatic carbocycles. The van der Waals surface area contributed by atoms with Crippen molar-refractivity contribution in [3.63, 3.8) is 0 Å². The number of aliphatic imine (C=N–C) groups is 1. The van der Waals surface area contributed by atoms with Crippen molar-refractivity contribution in [3.05, 3.63) is 17.3 Å². The molecule has 25 heavy (non-hydrogen) atoms. The summed E-state index contributed by atoms with van der Waals surface area (Å²) in [7, 11) is 0. The lowest BCUT2D eigenvalue weighted by Crippen LogP contribution is -2.45. The summed E-state index contributed by atoms with van der Waals surface area (Å²) in [5, 5.41) is 0. The first kappa shape index (κ1) is 20.4. The van der Waals surface area contributed by atoms with Crippen LogP contribution in [0.1, 0.15) is 30.2 Å². The third kappa shape index (κ3) is 5.82. The highest BCUT2D eigenvalue weighted by Gasteiger charge is 2.21. The number of halogens is 1. The summed E-state index contributed by atoms with van der Waals surface area (Å²) in [6.07, 6.45) is 2.30. The van der Waals surface area contributed by atoms with Crippen molar-refractivity contribution in [1.82, 2.24) is 14.8 Å². The van der Waals surface area contributed by atoms with Crippen LogP contribution in [0, 0.1) is 19.8 Å². The largest absolute Gasteiger partial charge is 0.444 e. The molecule has 0 unspecified atom stereocenters. The predicted molar refractivity (Wildman–Crippen MR) is 108 cm³/mol. The van der Waals surface area contributed by atoms with E-state index < -0.39 is 0 Å². The molecule has 0 spiro atoms. The molecule has 0 radical (unpaired) electrons. The van der Waals surface area contributed by atoms with E-state index in [1.54, 1.807) is 0 Å². The fraction of sp³-hybridized carbons (Fsp3) is 0.765. The van der Waals surface area contributed by atoms with Crippen molar-refractivity contribution in [3.8, 4) is 0 Å². The van der Waals surface area contributed by atoms with Gasteiger partial charge < -0.3 is 19.8 Å². The zero-order chi connectivity index (χ0) is 16.9. The Labute approximate surface area is 167 Å². The molecule has 7 nitrogen and oxygen atoms in total. The first-order valence-electron chi connectivity index (χ1n) is 8.89. The number of aromatic nitrogens is 1. The monoisotopic (exact) mass is 463 g/mol. The Balaban J connectivity index is 0.00000225. The van der Waals surface area contributed by atoms with Gasteiger partial charge in [-0.3, -0.25) is 9.89 Å². The quantitative estimate of drug-likeness (QED) is 0.417. The van der Waals surface area contributed by atoms with Crippen LogP contribution in [0.25, 0.3) is 0 Å². The van der Waals surface area contributed by atoms with Crippen LogP contribution in [-0.2, 0) is 11.3 Å².